The highest BCUT2D eigenvalue weighted by Gasteiger charge is 2.59. The summed E-state index contributed by atoms with van der Waals surface area (Å²) < 4.78 is 54.0. The first-order valence-electron chi connectivity index (χ1n) is 11.1. The molecule has 1 aromatic rings. The third kappa shape index (κ3) is 3.51. The summed E-state index contributed by atoms with van der Waals surface area (Å²) in [5.41, 5.74) is 4.46. The second-order valence-electron chi connectivity index (χ2n) is 10.3. The molecule has 174 valence electrons. The molecule has 5 saturated carbocycles. The Kier molecular flexibility index (Phi) is 4.91. The van der Waals surface area contributed by atoms with E-state index in [2.05, 4.69) is 10.0 Å². The van der Waals surface area contributed by atoms with E-state index in [4.69, 9.17) is 5.73 Å². The highest BCUT2D eigenvalue weighted by molar-refractivity contribution is 7.89. The summed E-state index contributed by atoms with van der Waals surface area (Å²) in [6, 6.07) is 2.35. The number of amides is 2. The predicted molar refractivity (Wildman–Crippen MR) is 110 cm³/mol. The summed E-state index contributed by atoms with van der Waals surface area (Å²) in [6.45, 7) is -0.101. The van der Waals surface area contributed by atoms with E-state index in [1.807, 2.05) is 0 Å². The van der Waals surface area contributed by atoms with E-state index in [-0.39, 0.29) is 41.1 Å². The average molecular weight is 468 g/mol. The molecule has 5 atom stereocenters. The first-order valence-corrected chi connectivity index (χ1v) is 12.6. The van der Waals surface area contributed by atoms with Crippen LogP contribution < -0.4 is 15.8 Å². The lowest BCUT2D eigenvalue weighted by Gasteiger charge is -2.59. The van der Waals surface area contributed by atoms with E-state index in [0.29, 0.717) is 37.7 Å². The molecule has 5 aliphatic carbocycles. The molecule has 4 unspecified atom stereocenters. The fraction of sp³-hybridized carbons (Fsp3) is 0.636. The number of hydrogen-bond acceptors (Lipinski definition) is 4. The molecule has 0 spiro atoms. The lowest BCUT2D eigenvalue weighted by Crippen LogP contribution is -2.62. The maximum Gasteiger partial charge on any atom is 0.240 e. The molecule has 1 aromatic carbocycles. The van der Waals surface area contributed by atoms with Crippen LogP contribution in [0.5, 0.6) is 0 Å². The quantitative estimate of drug-likeness (QED) is 0.567. The van der Waals surface area contributed by atoms with Crippen LogP contribution in [0.1, 0.15) is 44.9 Å². The van der Waals surface area contributed by atoms with Crippen LogP contribution in [0.3, 0.4) is 0 Å². The van der Waals surface area contributed by atoms with Crippen molar-refractivity contribution in [3.63, 3.8) is 0 Å². The Morgan fingerprint density at radius 3 is 2.28 bits per heavy atom. The molecular formula is C22H27F2N3O4S. The van der Waals surface area contributed by atoms with Gasteiger partial charge in [-0.15, -0.1) is 0 Å². The van der Waals surface area contributed by atoms with Crippen molar-refractivity contribution in [3.8, 4) is 0 Å². The number of sulfonamides is 1. The van der Waals surface area contributed by atoms with Gasteiger partial charge in [0.1, 0.15) is 0 Å². The number of rotatable bonds is 7. The molecule has 32 heavy (non-hydrogen) atoms. The van der Waals surface area contributed by atoms with Crippen molar-refractivity contribution in [1.82, 2.24) is 10.0 Å². The van der Waals surface area contributed by atoms with Crippen LogP contribution in [-0.2, 0) is 19.6 Å². The number of benzene rings is 1. The minimum Gasteiger partial charge on any atom is -0.369 e. The monoisotopic (exact) mass is 467 g/mol. The highest BCUT2D eigenvalue weighted by atomic mass is 32.2. The molecule has 2 amide bonds. The van der Waals surface area contributed by atoms with Crippen molar-refractivity contribution in [2.24, 2.45) is 34.3 Å². The molecule has 0 aliphatic heterocycles. The Morgan fingerprint density at radius 2 is 1.72 bits per heavy atom. The normalized spacial score (nSPS) is 34.3. The maximum absolute atomic E-state index is 13.4. The first kappa shape index (κ1) is 21.8. The van der Waals surface area contributed by atoms with Gasteiger partial charge in [-0.25, -0.2) is 21.9 Å². The topological polar surface area (TPSA) is 118 Å². The molecule has 6 rings (SSSR count). The second kappa shape index (κ2) is 7.21. The molecule has 5 aliphatic rings. The van der Waals surface area contributed by atoms with Gasteiger partial charge in [-0.2, -0.15) is 0 Å². The number of carbonyl (C=O) groups excluding carboxylic acids is 2. The predicted octanol–water partition coefficient (Wildman–Crippen LogP) is 1.82. The minimum atomic E-state index is -4.08. The van der Waals surface area contributed by atoms with Gasteiger partial charge >= 0.3 is 0 Å². The smallest absolute Gasteiger partial charge is 0.240 e. The maximum atomic E-state index is 13.4. The average Bonchev–Trinajstić information content (AvgIpc) is 3.52. The van der Waals surface area contributed by atoms with E-state index >= 15 is 0 Å². The molecule has 0 radical (unpaired) electrons. The first-order chi connectivity index (χ1) is 15.0. The Balaban J connectivity index is 1.25. The fourth-order valence-electron chi connectivity index (χ4n) is 6.46. The van der Waals surface area contributed by atoms with Gasteiger partial charge in [0.25, 0.3) is 0 Å². The van der Waals surface area contributed by atoms with Crippen molar-refractivity contribution in [3.05, 3.63) is 29.8 Å². The Hall–Kier alpha value is -2.07. The highest BCUT2D eigenvalue weighted by Crippen LogP contribution is 2.60. The number of halogens is 2. The third-order valence-electron chi connectivity index (χ3n) is 8.23. The van der Waals surface area contributed by atoms with E-state index in [1.165, 1.54) is 0 Å². The number of carbonyl (C=O) groups is 2. The van der Waals surface area contributed by atoms with Crippen LogP contribution in [0.2, 0.25) is 0 Å². The van der Waals surface area contributed by atoms with Gasteiger partial charge in [0.15, 0.2) is 11.6 Å². The Labute approximate surface area is 185 Å². The summed E-state index contributed by atoms with van der Waals surface area (Å²) >= 11 is 0. The molecule has 0 saturated heterocycles. The second-order valence-corrected chi connectivity index (χ2v) is 12.1. The van der Waals surface area contributed by atoms with Crippen LogP contribution >= 0.6 is 0 Å². The van der Waals surface area contributed by atoms with E-state index in [1.54, 1.807) is 0 Å². The zero-order valence-corrected chi connectivity index (χ0v) is 18.4. The molecule has 5 fully saturated rings. The lowest BCUT2D eigenvalue weighted by molar-refractivity contribution is -0.148. The van der Waals surface area contributed by atoms with Gasteiger partial charge in [0.05, 0.1) is 10.3 Å². The summed E-state index contributed by atoms with van der Waals surface area (Å²) in [5, 5.41) is 3.18. The molecule has 4 N–H and O–H groups in total. The van der Waals surface area contributed by atoms with Crippen LogP contribution in [0.25, 0.3) is 0 Å². The lowest BCUT2D eigenvalue weighted by atomic mass is 9.47. The van der Waals surface area contributed by atoms with Crippen molar-refractivity contribution in [2.75, 3.05) is 6.54 Å². The van der Waals surface area contributed by atoms with E-state index in [9.17, 15) is 26.8 Å². The zero-order chi connectivity index (χ0) is 22.9. The van der Waals surface area contributed by atoms with Crippen molar-refractivity contribution in [2.45, 2.75) is 55.9 Å². The number of nitrogens with two attached hydrogens (primary N) is 1. The summed E-state index contributed by atoms with van der Waals surface area (Å²) in [6.07, 6.45) is 5.32. The minimum absolute atomic E-state index is 0.0215. The Morgan fingerprint density at radius 1 is 1.06 bits per heavy atom. The summed E-state index contributed by atoms with van der Waals surface area (Å²) in [5.74, 6) is -1.88. The van der Waals surface area contributed by atoms with Gasteiger partial charge in [0, 0.05) is 18.0 Å². The van der Waals surface area contributed by atoms with Gasteiger partial charge in [-0.1, -0.05) is 0 Å². The van der Waals surface area contributed by atoms with Gasteiger partial charge in [-0.05, 0) is 80.9 Å². The standard InChI is InChI=1S/C22H27F2N3O4S/c23-16-2-1-15(7-17(16)24)32(30,31)26-11-21(3-4-21)20(29)27-18-13-5-12-6-14(18)10-22(8-12,9-13)19(25)28/h1-2,7,12-14,18,26H,3-6,8-11H2,(H2,25,28)(H,27,29)/t12?,13-,14?,18?,22?/m1/s1. The van der Waals surface area contributed by atoms with Gasteiger partial charge in [-0.3, -0.25) is 9.59 Å². The van der Waals surface area contributed by atoms with Gasteiger partial charge < -0.3 is 11.1 Å². The fourth-order valence-corrected chi connectivity index (χ4v) is 7.60. The molecule has 10 heteroatoms. The largest absolute Gasteiger partial charge is 0.369 e. The number of nitrogens with one attached hydrogen (secondary N) is 2. The summed E-state index contributed by atoms with van der Waals surface area (Å²) in [4.78, 5) is 24.9. The van der Waals surface area contributed by atoms with Gasteiger partial charge in [0.2, 0.25) is 21.8 Å². The van der Waals surface area contributed by atoms with Crippen molar-refractivity contribution in [1.29, 1.82) is 0 Å². The third-order valence-corrected chi connectivity index (χ3v) is 9.63. The van der Waals surface area contributed by atoms with Crippen LogP contribution in [0, 0.1) is 40.2 Å². The van der Waals surface area contributed by atoms with E-state index in [0.717, 1.165) is 31.4 Å². The zero-order valence-electron chi connectivity index (χ0n) is 17.6. The van der Waals surface area contributed by atoms with Crippen LogP contribution in [0.4, 0.5) is 8.78 Å². The summed E-state index contributed by atoms with van der Waals surface area (Å²) in [7, 11) is -4.08. The number of hydrogen-bond donors (Lipinski definition) is 3. The SMILES string of the molecule is NC(=O)C12CC3CC(C1)C(NC(=O)C1(CNS(=O)(=O)c4ccc(F)c(F)c4)CC1)[C@H](C3)C2. The molecular weight excluding hydrogens is 440 g/mol. The molecule has 4 bridgehead atoms. The van der Waals surface area contributed by atoms with Crippen LogP contribution in [0.15, 0.2) is 23.1 Å². The molecule has 7 nitrogen and oxygen atoms in total. The van der Waals surface area contributed by atoms with Crippen molar-refractivity contribution < 1.29 is 26.8 Å². The van der Waals surface area contributed by atoms with E-state index < -0.39 is 32.5 Å². The number of primary amides is 1. The van der Waals surface area contributed by atoms with Crippen LogP contribution in [-0.4, -0.2) is 32.8 Å². The molecule has 0 heterocycles. The molecule has 0 aromatic heterocycles. The Bertz CT molecular complexity index is 1070. The van der Waals surface area contributed by atoms with Crippen molar-refractivity contribution >= 4 is 21.8 Å².